The number of nitrogens with zero attached hydrogens (tertiary/aromatic N) is 1. The summed E-state index contributed by atoms with van der Waals surface area (Å²) >= 11 is 1.65. The maximum Gasteiger partial charge on any atom is 0.287 e. The topological polar surface area (TPSA) is 55.1 Å². The number of pyridine rings is 1. The number of hydrogen-bond donors (Lipinski definition) is 1. The van der Waals surface area contributed by atoms with Crippen molar-refractivity contribution in [1.29, 1.82) is 0 Å². The van der Waals surface area contributed by atoms with Gasteiger partial charge < -0.3 is 9.73 Å². The Morgan fingerprint density at radius 3 is 2.88 bits per heavy atom. The summed E-state index contributed by atoms with van der Waals surface area (Å²) < 4.78 is 5.57. The first-order chi connectivity index (χ1) is 11.8. The molecule has 24 heavy (non-hydrogen) atoms. The van der Waals surface area contributed by atoms with Gasteiger partial charge in [-0.1, -0.05) is 18.2 Å². The van der Waals surface area contributed by atoms with Gasteiger partial charge in [0.05, 0.1) is 0 Å². The molecule has 0 bridgehead atoms. The second-order valence-corrected chi connectivity index (χ2v) is 6.21. The Bertz CT molecular complexity index is 956. The third kappa shape index (κ3) is 2.94. The highest BCUT2D eigenvalue weighted by Crippen LogP contribution is 2.22. The summed E-state index contributed by atoms with van der Waals surface area (Å²) in [7, 11) is 0. The number of fused-ring (bicyclic) bond motifs is 1. The monoisotopic (exact) mass is 334 g/mol. The van der Waals surface area contributed by atoms with E-state index in [1.165, 1.54) is 0 Å². The number of amides is 1. The van der Waals surface area contributed by atoms with Crippen molar-refractivity contribution >= 4 is 28.2 Å². The molecule has 5 heteroatoms. The molecule has 1 N–H and O–H groups in total. The van der Waals surface area contributed by atoms with E-state index in [1.54, 1.807) is 23.6 Å². The van der Waals surface area contributed by atoms with Crippen LogP contribution in [-0.2, 0) is 6.54 Å². The first-order valence-corrected chi connectivity index (χ1v) is 8.47. The lowest BCUT2D eigenvalue weighted by Crippen LogP contribution is -2.22. The van der Waals surface area contributed by atoms with Crippen molar-refractivity contribution in [3.05, 3.63) is 76.9 Å². The second kappa shape index (κ2) is 6.29. The smallest absolute Gasteiger partial charge is 0.287 e. The average Bonchev–Trinajstić information content (AvgIpc) is 3.29. The number of carbonyl (C=O) groups excluding carboxylic acids is 1. The molecule has 4 aromatic rings. The number of thiophene rings is 1. The summed E-state index contributed by atoms with van der Waals surface area (Å²) in [4.78, 5) is 16.5. The summed E-state index contributed by atoms with van der Waals surface area (Å²) in [6.07, 6.45) is 3.58. The molecule has 4 rings (SSSR count). The molecule has 0 aliphatic carbocycles. The number of benzene rings is 1. The zero-order chi connectivity index (χ0) is 16.4. The van der Waals surface area contributed by atoms with E-state index in [4.69, 9.17) is 4.42 Å². The molecular weight excluding hydrogens is 320 g/mol. The minimum absolute atomic E-state index is 0.230. The minimum Gasteiger partial charge on any atom is -0.451 e. The van der Waals surface area contributed by atoms with Crippen LogP contribution in [0.25, 0.3) is 22.1 Å². The van der Waals surface area contributed by atoms with Crippen molar-refractivity contribution in [3.63, 3.8) is 0 Å². The van der Waals surface area contributed by atoms with Crippen molar-refractivity contribution in [1.82, 2.24) is 10.3 Å². The number of aromatic nitrogens is 1. The zero-order valence-corrected chi connectivity index (χ0v) is 13.5. The van der Waals surface area contributed by atoms with Gasteiger partial charge >= 0.3 is 0 Å². The molecule has 0 unspecified atom stereocenters. The highest BCUT2D eigenvalue weighted by atomic mass is 32.1. The number of para-hydroxylation sites is 1. The van der Waals surface area contributed by atoms with Gasteiger partial charge in [0, 0.05) is 29.9 Å². The largest absolute Gasteiger partial charge is 0.451 e. The third-order valence-electron chi connectivity index (χ3n) is 3.75. The Morgan fingerprint density at radius 1 is 1.12 bits per heavy atom. The van der Waals surface area contributed by atoms with Crippen molar-refractivity contribution in [3.8, 4) is 11.1 Å². The van der Waals surface area contributed by atoms with Gasteiger partial charge in [-0.15, -0.1) is 0 Å². The van der Waals surface area contributed by atoms with Crippen LogP contribution in [0.15, 0.2) is 70.0 Å². The van der Waals surface area contributed by atoms with Crippen LogP contribution in [0.3, 0.4) is 0 Å². The molecule has 0 aliphatic heterocycles. The Kier molecular flexibility index (Phi) is 3.84. The van der Waals surface area contributed by atoms with E-state index in [9.17, 15) is 4.79 Å². The van der Waals surface area contributed by atoms with Crippen LogP contribution < -0.4 is 5.32 Å². The van der Waals surface area contributed by atoms with Gasteiger partial charge in [-0.05, 0) is 46.2 Å². The summed E-state index contributed by atoms with van der Waals surface area (Å²) in [5, 5.41) is 7.91. The molecule has 3 heterocycles. The summed E-state index contributed by atoms with van der Waals surface area (Å²) in [5.41, 5.74) is 3.84. The molecule has 118 valence electrons. The second-order valence-electron chi connectivity index (χ2n) is 5.43. The summed E-state index contributed by atoms with van der Waals surface area (Å²) in [6, 6.07) is 13.4. The lowest BCUT2D eigenvalue weighted by molar-refractivity contribution is 0.0925. The van der Waals surface area contributed by atoms with E-state index >= 15 is 0 Å². The zero-order valence-electron chi connectivity index (χ0n) is 12.7. The van der Waals surface area contributed by atoms with Crippen LogP contribution in [0.1, 0.15) is 16.1 Å². The first kappa shape index (κ1) is 14.7. The van der Waals surface area contributed by atoms with E-state index in [2.05, 4.69) is 21.7 Å². The quantitative estimate of drug-likeness (QED) is 0.598. The number of nitrogens with one attached hydrogen (secondary N) is 1. The normalized spacial score (nSPS) is 10.8. The Balaban J connectivity index is 1.48. The number of rotatable bonds is 4. The number of furan rings is 1. The highest BCUT2D eigenvalue weighted by Gasteiger charge is 2.12. The van der Waals surface area contributed by atoms with Gasteiger partial charge in [0.1, 0.15) is 5.58 Å². The van der Waals surface area contributed by atoms with Crippen LogP contribution in [0.5, 0.6) is 0 Å². The molecule has 3 aromatic heterocycles. The van der Waals surface area contributed by atoms with Gasteiger partial charge in [-0.2, -0.15) is 11.3 Å². The Morgan fingerprint density at radius 2 is 2.04 bits per heavy atom. The average molecular weight is 334 g/mol. The molecule has 0 atom stereocenters. The Hall–Kier alpha value is -2.92. The predicted molar refractivity (Wildman–Crippen MR) is 94.9 cm³/mol. The molecule has 0 fully saturated rings. The van der Waals surface area contributed by atoms with Crippen molar-refractivity contribution in [2.45, 2.75) is 6.54 Å². The summed E-state index contributed by atoms with van der Waals surface area (Å²) in [5.74, 6) is 0.0882. The van der Waals surface area contributed by atoms with E-state index in [1.807, 2.05) is 41.9 Å². The van der Waals surface area contributed by atoms with Crippen LogP contribution in [-0.4, -0.2) is 10.9 Å². The molecule has 0 radical (unpaired) electrons. The van der Waals surface area contributed by atoms with Crippen LogP contribution in [0.2, 0.25) is 0 Å². The molecule has 0 spiro atoms. The third-order valence-corrected chi connectivity index (χ3v) is 4.44. The minimum atomic E-state index is -0.230. The fraction of sp³-hybridized carbons (Fsp3) is 0.0526. The fourth-order valence-corrected chi connectivity index (χ4v) is 3.20. The lowest BCUT2D eigenvalue weighted by atomic mass is 10.1. The molecule has 0 saturated heterocycles. The van der Waals surface area contributed by atoms with Gasteiger partial charge in [0.25, 0.3) is 5.91 Å². The van der Waals surface area contributed by atoms with Crippen molar-refractivity contribution < 1.29 is 9.21 Å². The maximum absolute atomic E-state index is 12.3. The van der Waals surface area contributed by atoms with Gasteiger partial charge in [0.2, 0.25) is 0 Å². The van der Waals surface area contributed by atoms with Crippen LogP contribution in [0, 0.1) is 0 Å². The van der Waals surface area contributed by atoms with E-state index in [0.29, 0.717) is 17.9 Å². The van der Waals surface area contributed by atoms with Crippen LogP contribution in [0.4, 0.5) is 0 Å². The number of hydrogen-bond acceptors (Lipinski definition) is 4. The van der Waals surface area contributed by atoms with Crippen LogP contribution >= 0.6 is 11.3 Å². The maximum atomic E-state index is 12.3. The molecule has 4 nitrogen and oxygen atoms in total. The first-order valence-electron chi connectivity index (χ1n) is 7.53. The predicted octanol–water partition coefficient (Wildman–Crippen LogP) is 4.49. The Labute approximate surface area is 142 Å². The van der Waals surface area contributed by atoms with Crippen molar-refractivity contribution in [2.24, 2.45) is 0 Å². The molecular formula is C19H14N2O2S. The summed E-state index contributed by atoms with van der Waals surface area (Å²) in [6.45, 7) is 0.404. The molecule has 0 aliphatic rings. The standard InChI is InChI=1S/C19H14N2O2S/c22-19(18-8-14-3-1-2-4-17(14)23-18)21-10-13-7-16(11-20-9-13)15-5-6-24-12-15/h1-9,11-12H,10H2,(H,21,22). The van der Waals surface area contributed by atoms with E-state index in [-0.39, 0.29) is 5.91 Å². The SMILES string of the molecule is O=C(NCc1cncc(-c2ccsc2)c1)c1cc2ccccc2o1. The molecule has 0 saturated carbocycles. The lowest BCUT2D eigenvalue weighted by Gasteiger charge is -2.05. The van der Waals surface area contributed by atoms with E-state index in [0.717, 1.165) is 22.1 Å². The van der Waals surface area contributed by atoms with E-state index < -0.39 is 0 Å². The number of carbonyl (C=O) groups is 1. The molecule has 1 amide bonds. The molecule has 1 aromatic carbocycles. The van der Waals surface area contributed by atoms with Gasteiger partial charge in [0.15, 0.2) is 5.76 Å². The fourth-order valence-electron chi connectivity index (χ4n) is 2.53. The van der Waals surface area contributed by atoms with Crippen molar-refractivity contribution in [2.75, 3.05) is 0 Å². The van der Waals surface area contributed by atoms with Gasteiger partial charge in [-0.25, -0.2) is 0 Å². The highest BCUT2D eigenvalue weighted by molar-refractivity contribution is 7.08. The van der Waals surface area contributed by atoms with Gasteiger partial charge in [-0.3, -0.25) is 9.78 Å².